The van der Waals surface area contributed by atoms with Gasteiger partial charge in [0.1, 0.15) is 0 Å². The van der Waals surface area contributed by atoms with Crippen LogP contribution in [0, 0.1) is 0 Å². The summed E-state index contributed by atoms with van der Waals surface area (Å²) in [4.78, 5) is 1.45. The number of benzene rings is 2. The number of nitrogens with one attached hydrogen (secondary N) is 1. The average Bonchev–Trinajstić information content (AvgIpc) is 3.15. The predicted octanol–water partition coefficient (Wildman–Crippen LogP) is 4.65. The van der Waals surface area contributed by atoms with E-state index in [4.69, 9.17) is 0 Å². The van der Waals surface area contributed by atoms with Gasteiger partial charge in [0.05, 0.1) is 6.04 Å². The summed E-state index contributed by atoms with van der Waals surface area (Å²) < 4.78 is 0. The van der Waals surface area contributed by atoms with Crippen molar-refractivity contribution in [1.29, 1.82) is 0 Å². The zero-order valence-corrected chi connectivity index (χ0v) is 12.6. The van der Waals surface area contributed by atoms with Crippen LogP contribution in [0.2, 0.25) is 0 Å². The fraction of sp³-hybridized carbons (Fsp3) is 0.158. The van der Waals surface area contributed by atoms with Gasteiger partial charge in [0.2, 0.25) is 0 Å². The fourth-order valence-corrected chi connectivity index (χ4v) is 3.88. The van der Waals surface area contributed by atoms with Gasteiger partial charge in [0, 0.05) is 11.4 Å². The smallest absolute Gasteiger partial charge is 0.0589 e. The Kier molecular flexibility index (Phi) is 3.34. The molecule has 0 fully saturated rings. The minimum Gasteiger partial charge on any atom is -0.306 e. The third-order valence-electron chi connectivity index (χ3n) is 4.13. The summed E-state index contributed by atoms with van der Waals surface area (Å²) in [5.41, 5.74) is 5.57. The Morgan fingerprint density at radius 1 is 0.810 bits per heavy atom. The van der Waals surface area contributed by atoms with Gasteiger partial charge in [0.15, 0.2) is 0 Å². The van der Waals surface area contributed by atoms with E-state index in [9.17, 15) is 0 Å². The molecule has 104 valence electrons. The van der Waals surface area contributed by atoms with E-state index >= 15 is 0 Å². The third kappa shape index (κ3) is 2.31. The van der Waals surface area contributed by atoms with Crippen LogP contribution in [-0.2, 0) is 6.42 Å². The molecular formula is C19H17NS. The molecule has 0 amide bonds. The molecule has 1 heterocycles. The van der Waals surface area contributed by atoms with Gasteiger partial charge >= 0.3 is 0 Å². The van der Waals surface area contributed by atoms with Gasteiger partial charge in [-0.3, -0.25) is 0 Å². The van der Waals surface area contributed by atoms with Gasteiger partial charge in [-0.15, -0.1) is 11.3 Å². The summed E-state index contributed by atoms with van der Waals surface area (Å²) in [5.74, 6) is 0. The molecule has 0 atom stereocenters. The molecule has 1 aliphatic carbocycles. The second kappa shape index (κ2) is 5.47. The monoisotopic (exact) mass is 291 g/mol. The maximum Gasteiger partial charge on any atom is 0.0589 e. The van der Waals surface area contributed by atoms with E-state index in [1.165, 1.54) is 27.1 Å². The average molecular weight is 291 g/mol. The van der Waals surface area contributed by atoms with E-state index < -0.39 is 0 Å². The maximum absolute atomic E-state index is 3.74. The standard InChI is InChI=1S/C19H17NS/c1-3-9-17-15(7-1)16-8-2-4-10-18(16)19(17)20-12-11-14-6-5-13-21-14/h1-10,13,19-20H,11-12H2. The second-order valence-corrected chi connectivity index (χ2v) is 6.42. The van der Waals surface area contributed by atoms with E-state index in [1.54, 1.807) is 0 Å². The number of hydrogen-bond acceptors (Lipinski definition) is 2. The zero-order valence-electron chi connectivity index (χ0n) is 11.8. The lowest BCUT2D eigenvalue weighted by molar-refractivity contribution is 0.618. The Bertz CT molecular complexity index is 700. The number of rotatable bonds is 4. The van der Waals surface area contributed by atoms with E-state index in [0.29, 0.717) is 6.04 Å². The molecule has 1 aliphatic rings. The Labute approximate surface area is 129 Å². The van der Waals surface area contributed by atoms with E-state index in [0.717, 1.165) is 13.0 Å². The minimum absolute atomic E-state index is 0.331. The van der Waals surface area contributed by atoms with Crippen molar-refractivity contribution in [3.8, 4) is 11.1 Å². The minimum atomic E-state index is 0.331. The summed E-state index contributed by atoms with van der Waals surface area (Å²) in [7, 11) is 0. The van der Waals surface area contributed by atoms with Crippen LogP contribution in [0.15, 0.2) is 66.0 Å². The molecule has 1 N–H and O–H groups in total. The first-order valence-corrected chi connectivity index (χ1v) is 8.25. The van der Waals surface area contributed by atoms with Gasteiger partial charge in [-0.25, -0.2) is 0 Å². The summed E-state index contributed by atoms with van der Waals surface area (Å²) in [6.07, 6.45) is 1.10. The first kappa shape index (κ1) is 12.8. The summed E-state index contributed by atoms with van der Waals surface area (Å²) in [6.45, 7) is 1.01. The lowest BCUT2D eigenvalue weighted by Crippen LogP contribution is -2.22. The van der Waals surface area contributed by atoms with Gasteiger partial charge in [0.25, 0.3) is 0 Å². The third-order valence-corrected chi connectivity index (χ3v) is 5.07. The van der Waals surface area contributed by atoms with Crippen LogP contribution in [0.4, 0.5) is 0 Å². The number of fused-ring (bicyclic) bond motifs is 3. The van der Waals surface area contributed by atoms with Crippen LogP contribution in [0.5, 0.6) is 0 Å². The molecule has 21 heavy (non-hydrogen) atoms. The molecule has 0 aliphatic heterocycles. The quantitative estimate of drug-likeness (QED) is 0.738. The highest BCUT2D eigenvalue weighted by Gasteiger charge is 2.27. The first-order chi connectivity index (χ1) is 10.4. The van der Waals surface area contributed by atoms with Crippen LogP contribution in [0.3, 0.4) is 0 Å². The van der Waals surface area contributed by atoms with Crippen LogP contribution in [0.1, 0.15) is 22.0 Å². The van der Waals surface area contributed by atoms with E-state index in [2.05, 4.69) is 71.4 Å². The van der Waals surface area contributed by atoms with Crippen LogP contribution in [-0.4, -0.2) is 6.54 Å². The van der Waals surface area contributed by atoms with E-state index in [-0.39, 0.29) is 0 Å². The van der Waals surface area contributed by atoms with Crippen molar-refractivity contribution in [3.05, 3.63) is 82.0 Å². The van der Waals surface area contributed by atoms with Crippen molar-refractivity contribution >= 4 is 11.3 Å². The number of hydrogen-bond donors (Lipinski definition) is 1. The Morgan fingerprint density at radius 2 is 1.48 bits per heavy atom. The van der Waals surface area contributed by atoms with Crippen LogP contribution >= 0.6 is 11.3 Å². The maximum atomic E-state index is 3.74. The van der Waals surface area contributed by atoms with Crippen molar-refractivity contribution in [3.63, 3.8) is 0 Å². The van der Waals surface area contributed by atoms with Gasteiger partial charge < -0.3 is 5.32 Å². The van der Waals surface area contributed by atoms with Gasteiger partial charge in [-0.1, -0.05) is 54.6 Å². The molecule has 1 nitrogen and oxygen atoms in total. The Hall–Kier alpha value is -1.90. The van der Waals surface area contributed by atoms with Crippen LogP contribution < -0.4 is 5.32 Å². The fourth-order valence-electron chi connectivity index (χ4n) is 3.17. The van der Waals surface area contributed by atoms with E-state index in [1.807, 2.05) is 11.3 Å². The highest BCUT2D eigenvalue weighted by molar-refractivity contribution is 7.09. The topological polar surface area (TPSA) is 12.0 Å². The second-order valence-electron chi connectivity index (χ2n) is 5.39. The van der Waals surface area contributed by atoms with Crippen molar-refractivity contribution in [2.24, 2.45) is 0 Å². The van der Waals surface area contributed by atoms with Crippen LogP contribution in [0.25, 0.3) is 11.1 Å². The van der Waals surface area contributed by atoms with Gasteiger partial charge in [-0.05, 0) is 40.1 Å². The summed E-state index contributed by atoms with van der Waals surface area (Å²) in [5, 5.41) is 5.89. The highest BCUT2D eigenvalue weighted by Crippen LogP contribution is 2.42. The molecule has 4 rings (SSSR count). The molecular weight excluding hydrogens is 274 g/mol. The molecule has 0 saturated carbocycles. The zero-order chi connectivity index (χ0) is 14.1. The lowest BCUT2D eigenvalue weighted by atomic mass is 10.1. The Balaban J connectivity index is 1.59. The molecule has 2 aromatic carbocycles. The molecule has 0 unspecified atom stereocenters. The SMILES string of the molecule is c1csc(CCNC2c3ccccc3-c3ccccc32)c1. The van der Waals surface area contributed by atoms with Crippen molar-refractivity contribution in [1.82, 2.24) is 5.32 Å². The molecule has 0 bridgehead atoms. The number of thiophene rings is 1. The Morgan fingerprint density at radius 3 is 2.10 bits per heavy atom. The molecule has 2 heteroatoms. The molecule has 0 saturated heterocycles. The molecule has 3 aromatic rings. The summed E-state index contributed by atoms with van der Waals surface area (Å²) >= 11 is 1.84. The summed E-state index contributed by atoms with van der Waals surface area (Å²) in [6, 6.07) is 22.2. The van der Waals surface area contributed by atoms with Crippen molar-refractivity contribution in [2.45, 2.75) is 12.5 Å². The lowest BCUT2D eigenvalue weighted by Gasteiger charge is -2.15. The first-order valence-electron chi connectivity index (χ1n) is 7.37. The molecule has 0 radical (unpaired) electrons. The normalized spacial score (nSPS) is 13.1. The van der Waals surface area contributed by atoms with Gasteiger partial charge in [-0.2, -0.15) is 0 Å². The molecule has 1 aromatic heterocycles. The highest BCUT2D eigenvalue weighted by atomic mass is 32.1. The van der Waals surface area contributed by atoms with Crippen molar-refractivity contribution < 1.29 is 0 Å². The van der Waals surface area contributed by atoms with Crippen molar-refractivity contribution in [2.75, 3.05) is 6.54 Å². The molecule has 0 spiro atoms. The predicted molar refractivity (Wildman–Crippen MR) is 89.7 cm³/mol. The largest absolute Gasteiger partial charge is 0.306 e.